The number of piperidine rings is 1. The lowest BCUT2D eigenvalue weighted by atomic mass is 9.96. The molecule has 5 nitrogen and oxygen atoms in total. The lowest BCUT2D eigenvalue weighted by Gasteiger charge is -2.37. The van der Waals surface area contributed by atoms with Crippen molar-refractivity contribution in [3.8, 4) is 0 Å². The highest BCUT2D eigenvalue weighted by atomic mass is 16.5. The van der Waals surface area contributed by atoms with Crippen molar-refractivity contribution >= 4 is 5.91 Å². The zero-order valence-electron chi connectivity index (χ0n) is 12.9. The van der Waals surface area contributed by atoms with Gasteiger partial charge in [0.25, 0.3) is 0 Å². The molecule has 1 N–H and O–H groups in total. The molecule has 2 fully saturated rings. The summed E-state index contributed by atoms with van der Waals surface area (Å²) >= 11 is 0. The number of hydrogen-bond donors (Lipinski definition) is 1. The van der Waals surface area contributed by atoms with E-state index in [1.54, 1.807) is 0 Å². The van der Waals surface area contributed by atoms with Gasteiger partial charge in [0, 0.05) is 32.1 Å². The van der Waals surface area contributed by atoms with Gasteiger partial charge < -0.3 is 15.0 Å². The van der Waals surface area contributed by atoms with Gasteiger partial charge in [-0.05, 0) is 31.8 Å². The van der Waals surface area contributed by atoms with E-state index in [4.69, 9.17) is 4.74 Å². The van der Waals surface area contributed by atoms with Crippen LogP contribution in [0.5, 0.6) is 0 Å². The summed E-state index contributed by atoms with van der Waals surface area (Å²) in [6, 6.07) is 0. The minimum Gasteiger partial charge on any atom is -0.366 e. The van der Waals surface area contributed by atoms with Crippen LogP contribution in [-0.2, 0) is 9.53 Å². The Labute approximate surface area is 122 Å². The summed E-state index contributed by atoms with van der Waals surface area (Å²) in [5.41, 5.74) is 0. The third-order valence-electron chi connectivity index (χ3n) is 4.10. The Bertz CT molecular complexity index is 295. The van der Waals surface area contributed by atoms with E-state index in [9.17, 15) is 4.79 Å². The smallest absolute Gasteiger partial charge is 0.225 e. The van der Waals surface area contributed by atoms with E-state index in [2.05, 4.69) is 29.0 Å². The highest BCUT2D eigenvalue weighted by molar-refractivity contribution is 5.79. The van der Waals surface area contributed by atoms with E-state index in [-0.39, 0.29) is 5.92 Å². The summed E-state index contributed by atoms with van der Waals surface area (Å²) in [6.07, 6.45) is 1.99. The molecule has 0 spiro atoms. The van der Waals surface area contributed by atoms with Crippen LogP contribution in [0, 0.1) is 11.8 Å². The second kappa shape index (κ2) is 7.96. The lowest BCUT2D eigenvalue weighted by Crippen LogP contribution is -2.51. The van der Waals surface area contributed by atoms with Crippen LogP contribution in [0.15, 0.2) is 0 Å². The van der Waals surface area contributed by atoms with Crippen LogP contribution in [0.4, 0.5) is 0 Å². The number of ether oxygens (including phenoxy) is 1. The van der Waals surface area contributed by atoms with Crippen LogP contribution in [0.2, 0.25) is 0 Å². The first-order chi connectivity index (χ1) is 9.66. The average Bonchev–Trinajstić information content (AvgIpc) is 2.48. The number of rotatable bonds is 5. The molecular weight excluding hydrogens is 254 g/mol. The molecule has 116 valence electrons. The van der Waals surface area contributed by atoms with Gasteiger partial charge in [-0.3, -0.25) is 9.69 Å². The molecule has 5 heteroatoms. The molecule has 0 atom stereocenters. The van der Waals surface area contributed by atoms with Crippen LogP contribution < -0.4 is 5.32 Å². The first-order valence-electron chi connectivity index (χ1n) is 7.96. The molecule has 2 aliphatic rings. The Morgan fingerprint density at radius 3 is 2.45 bits per heavy atom. The van der Waals surface area contributed by atoms with Crippen molar-refractivity contribution < 1.29 is 9.53 Å². The Kier molecular flexibility index (Phi) is 6.26. The molecule has 2 rings (SSSR count). The summed E-state index contributed by atoms with van der Waals surface area (Å²) < 4.78 is 5.66. The number of carbonyl (C=O) groups excluding carboxylic acids is 1. The number of nitrogens with one attached hydrogen (secondary N) is 1. The van der Waals surface area contributed by atoms with E-state index in [0.29, 0.717) is 18.6 Å². The van der Waals surface area contributed by atoms with E-state index in [0.717, 1.165) is 58.7 Å². The van der Waals surface area contributed by atoms with Crippen molar-refractivity contribution in [2.45, 2.75) is 26.7 Å². The molecule has 0 saturated carbocycles. The molecule has 0 bridgehead atoms. The van der Waals surface area contributed by atoms with Crippen molar-refractivity contribution in [1.29, 1.82) is 0 Å². The normalized spacial score (nSPS) is 22.4. The van der Waals surface area contributed by atoms with Gasteiger partial charge in [-0.1, -0.05) is 13.8 Å². The largest absolute Gasteiger partial charge is 0.366 e. The SMILES string of the molecule is CC(C)COCN1CCN(C(=O)C2CCNCC2)CC1. The third-order valence-corrected chi connectivity index (χ3v) is 4.10. The zero-order valence-corrected chi connectivity index (χ0v) is 12.9. The number of amides is 1. The Hall–Kier alpha value is -0.650. The van der Waals surface area contributed by atoms with Crippen LogP contribution in [0.3, 0.4) is 0 Å². The molecule has 2 heterocycles. The standard InChI is InChI=1S/C15H29N3O2/c1-13(2)11-20-12-17-7-9-18(10-8-17)15(19)14-3-5-16-6-4-14/h13-14,16H,3-12H2,1-2H3. The fourth-order valence-corrected chi connectivity index (χ4v) is 2.84. The van der Waals surface area contributed by atoms with Gasteiger partial charge in [0.2, 0.25) is 5.91 Å². The van der Waals surface area contributed by atoms with Gasteiger partial charge in [-0.25, -0.2) is 0 Å². The molecule has 0 radical (unpaired) electrons. The van der Waals surface area contributed by atoms with Crippen LogP contribution in [0.25, 0.3) is 0 Å². The molecule has 2 aliphatic heterocycles. The fourth-order valence-electron chi connectivity index (χ4n) is 2.84. The van der Waals surface area contributed by atoms with Crippen molar-refractivity contribution in [2.75, 3.05) is 52.6 Å². The molecule has 0 unspecified atom stereocenters. The van der Waals surface area contributed by atoms with Gasteiger partial charge in [-0.2, -0.15) is 0 Å². The second-order valence-corrected chi connectivity index (χ2v) is 6.36. The van der Waals surface area contributed by atoms with Gasteiger partial charge in [0.1, 0.15) is 0 Å². The molecule has 2 saturated heterocycles. The van der Waals surface area contributed by atoms with Gasteiger partial charge in [-0.15, -0.1) is 0 Å². The lowest BCUT2D eigenvalue weighted by molar-refractivity contribution is -0.139. The number of nitrogens with zero attached hydrogens (tertiary/aromatic N) is 2. The van der Waals surface area contributed by atoms with Crippen LogP contribution in [-0.4, -0.2) is 68.3 Å². The molecule has 0 aromatic heterocycles. The maximum atomic E-state index is 12.4. The van der Waals surface area contributed by atoms with E-state index < -0.39 is 0 Å². The topological polar surface area (TPSA) is 44.8 Å². The number of piperazine rings is 1. The number of hydrogen-bond acceptors (Lipinski definition) is 4. The van der Waals surface area contributed by atoms with Crippen molar-refractivity contribution in [1.82, 2.24) is 15.1 Å². The molecule has 0 aromatic rings. The highest BCUT2D eigenvalue weighted by Crippen LogP contribution is 2.16. The van der Waals surface area contributed by atoms with Crippen molar-refractivity contribution in [3.05, 3.63) is 0 Å². The maximum Gasteiger partial charge on any atom is 0.225 e. The van der Waals surface area contributed by atoms with Crippen molar-refractivity contribution in [2.24, 2.45) is 11.8 Å². The Morgan fingerprint density at radius 2 is 1.85 bits per heavy atom. The zero-order chi connectivity index (χ0) is 14.4. The van der Waals surface area contributed by atoms with E-state index >= 15 is 0 Å². The maximum absolute atomic E-state index is 12.4. The van der Waals surface area contributed by atoms with Crippen LogP contribution in [0.1, 0.15) is 26.7 Å². The quantitative estimate of drug-likeness (QED) is 0.809. The molecule has 1 amide bonds. The van der Waals surface area contributed by atoms with Crippen molar-refractivity contribution in [3.63, 3.8) is 0 Å². The van der Waals surface area contributed by atoms with Crippen LogP contribution >= 0.6 is 0 Å². The minimum absolute atomic E-state index is 0.250. The summed E-state index contributed by atoms with van der Waals surface area (Å²) in [6.45, 7) is 11.4. The highest BCUT2D eigenvalue weighted by Gasteiger charge is 2.28. The molecule has 20 heavy (non-hydrogen) atoms. The average molecular weight is 283 g/mol. The number of carbonyl (C=O) groups is 1. The molecule has 0 aliphatic carbocycles. The predicted octanol–water partition coefficient (Wildman–Crippen LogP) is 0.760. The van der Waals surface area contributed by atoms with E-state index in [1.165, 1.54) is 0 Å². The Morgan fingerprint density at radius 1 is 1.20 bits per heavy atom. The van der Waals surface area contributed by atoms with E-state index in [1.807, 2.05) is 0 Å². The third kappa shape index (κ3) is 4.72. The summed E-state index contributed by atoms with van der Waals surface area (Å²) in [4.78, 5) is 16.8. The first kappa shape index (κ1) is 15.7. The first-order valence-corrected chi connectivity index (χ1v) is 7.96. The summed E-state index contributed by atoms with van der Waals surface area (Å²) in [5.74, 6) is 1.20. The Balaban J connectivity index is 1.66. The monoisotopic (exact) mass is 283 g/mol. The molecule has 0 aromatic carbocycles. The minimum atomic E-state index is 0.250. The van der Waals surface area contributed by atoms with Gasteiger partial charge in [0.15, 0.2) is 0 Å². The van der Waals surface area contributed by atoms with Gasteiger partial charge in [0.05, 0.1) is 13.3 Å². The molecular formula is C15H29N3O2. The fraction of sp³-hybridized carbons (Fsp3) is 0.933. The second-order valence-electron chi connectivity index (χ2n) is 6.36. The predicted molar refractivity (Wildman–Crippen MR) is 79.4 cm³/mol. The van der Waals surface area contributed by atoms with Gasteiger partial charge >= 0.3 is 0 Å². The summed E-state index contributed by atoms with van der Waals surface area (Å²) in [7, 11) is 0. The summed E-state index contributed by atoms with van der Waals surface area (Å²) in [5, 5.41) is 3.32.